The summed E-state index contributed by atoms with van der Waals surface area (Å²) in [6.07, 6.45) is 0. The zero-order valence-corrected chi connectivity index (χ0v) is 14.7. The van der Waals surface area contributed by atoms with Crippen molar-refractivity contribution >= 4 is 27.3 Å². The molecule has 0 unspecified atom stereocenters. The molecule has 0 rings (SSSR count). The first-order valence-corrected chi connectivity index (χ1v) is 0. The van der Waals surface area contributed by atoms with Crippen molar-refractivity contribution in [1.29, 1.82) is 0 Å². The van der Waals surface area contributed by atoms with E-state index in [1.807, 2.05) is 0 Å². The fourth-order valence-electron chi connectivity index (χ4n) is 0. The van der Waals surface area contributed by atoms with E-state index in [2.05, 4.69) is 0 Å². The molecule has 0 saturated heterocycles. The molecule has 0 bridgehead atoms. The molecule has 0 heterocycles. The van der Waals surface area contributed by atoms with E-state index in [0.29, 0.717) is 0 Å². The van der Waals surface area contributed by atoms with Gasteiger partial charge in [0.1, 0.15) is 0 Å². The monoisotopic (exact) mass is 678 g/mol. The fraction of sp³-hybridized carbons (Fsp3) is 0. The van der Waals surface area contributed by atoms with Crippen LogP contribution < -0.4 is 0 Å². The third-order valence-electron chi connectivity index (χ3n) is 0. The Bertz CT molecular complexity index is 11.0. The molecule has 62 valence electrons. The minimum atomic E-state index is 0. The molecule has 0 amide bonds. The van der Waals surface area contributed by atoms with Gasteiger partial charge in [-0.15, -0.1) is 0 Å². The van der Waals surface area contributed by atoms with Crippen LogP contribution in [0, 0.1) is 0 Å². The van der Waals surface area contributed by atoms with Crippen molar-refractivity contribution in [1.82, 2.24) is 0 Å². The fourth-order valence-corrected chi connectivity index (χ4v) is 0. The standard InChI is InChI=1S/6H2O.Pb.2Ta/h6*1H2;;;. The van der Waals surface area contributed by atoms with Crippen LogP contribution in [0.5, 0.6) is 0 Å². The zero-order chi connectivity index (χ0) is 0. The predicted octanol–water partition coefficient (Wildman–Crippen LogP) is -5.33. The van der Waals surface area contributed by atoms with Crippen LogP contribution in [0.15, 0.2) is 0 Å². The normalized spacial score (nSPS) is 0. The molecule has 0 aromatic heterocycles. The summed E-state index contributed by atoms with van der Waals surface area (Å²) < 4.78 is 0. The van der Waals surface area contributed by atoms with Gasteiger partial charge in [0.05, 0.1) is 0 Å². The second-order valence-electron chi connectivity index (χ2n) is 0. The van der Waals surface area contributed by atoms with E-state index in [9.17, 15) is 0 Å². The van der Waals surface area contributed by atoms with Crippen LogP contribution in [0.25, 0.3) is 0 Å². The van der Waals surface area contributed by atoms with Crippen LogP contribution in [-0.2, 0) is 44.8 Å². The van der Waals surface area contributed by atoms with Gasteiger partial charge in [0.25, 0.3) is 0 Å². The zero-order valence-electron chi connectivity index (χ0n) is 4.39. The van der Waals surface area contributed by atoms with Gasteiger partial charge in [-0.2, -0.15) is 0 Å². The smallest absolute Gasteiger partial charge is 0 e. The molecule has 6 nitrogen and oxygen atoms in total. The van der Waals surface area contributed by atoms with Gasteiger partial charge in [0, 0.05) is 72.1 Å². The van der Waals surface area contributed by atoms with Crippen LogP contribution in [0.1, 0.15) is 0 Å². The first-order valence-electron chi connectivity index (χ1n) is 0. The summed E-state index contributed by atoms with van der Waals surface area (Å²) in [6.45, 7) is 0. The van der Waals surface area contributed by atoms with Crippen molar-refractivity contribution in [3.63, 3.8) is 0 Å². The van der Waals surface area contributed by atoms with E-state index in [4.69, 9.17) is 0 Å². The van der Waals surface area contributed by atoms with Gasteiger partial charge in [-0.05, 0) is 0 Å². The minimum Gasteiger partial charge on any atom is -0.412 e. The number of hydrogen-bond donors (Lipinski definition) is 0. The average molecular weight is 677 g/mol. The molecule has 0 aliphatic carbocycles. The molecule has 6 radical (unpaired) electrons. The molecule has 9 heteroatoms. The first-order chi connectivity index (χ1) is 0. The Morgan fingerprint density at radius 3 is 0.333 bits per heavy atom. The molecular formula is H12O6PbTa2. The molecule has 0 spiro atoms. The first kappa shape index (κ1) is 247. The summed E-state index contributed by atoms with van der Waals surface area (Å²) in [4.78, 5) is 0. The number of rotatable bonds is 0. The van der Waals surface area contributed by atoms with Crippen molar-refractivity contribution < 1.29 is 77.6 Å². The summed E-state index contributed by atoms with van der Waals surface area (Å²) >= 11 is 0. The Balaban J connectivity index is 0. The summed E-state index contributed by atoms with van der Waals surface area (Å²) in [5.74, 6) is 0. The van der Waals surface area contributed by atoms with E-state index in [-0.39, 0.29) is 105 Å². The maximum Gasteiger partial charge on any atom is 0 e. The molecule has 0 saturated carbocycles. The molecular weight excluding hydrogens is 665 g/mol. The largest absolute Gasteiger partial charge is 0.412 e. The minimum absolute atomic E-state index is 0. The van der Waals surface area contributed by atoms with Crippen LogP contribution in [0.2, 0.25) is 0 Å². The van der Waals surface area contributed by atoms with Crippen LogP contribution in [-0.4, -0.2) is 60.2 Å². The second-order valence-corrected chi connectivity index (χ2v) is 0. The van der Waals surface area contributed by atoms with Gasteiger partial charge < -0.3 is 32.9 Å². The van der Waals surface area contributed by atoms with E-state index < -0.39 is 0 Å². The average Bonchev–Trinajstić information content (AvgIpc) is 0. The Morgan fingerprint density at radius 1 is 0.333 bits per heavy atom. The molecule has 0 fully saturated rings. The maximum atomic E-state index is 0. The van der Waals surface area contributed by atoms with E-state index >= 15 is 0 Å². The van der Waals surface area contributed by atoms with E-state index in [1.165, 1.54) is 0 Å². The molecule has 0 atom stereocenters. The van der Waals surface area contributed by atoms with Gasteiger partial charge in [-0.3, -0.25) is 0 Å². The van der Waals surface area contributed by atoms with E-state index in [0.717, 1.165) is 0 Å². The Labute approximate surface area is 104 Å². The van der Waals surface area contributed by atoms with Gasteiger partial charge in [0.2, 0.25) is 0 Å². The SMILES string of the molecule is O.O.O.O.O.O.[Pb].[Ta].[Ta]. The maximum absolute atomic E-state index is 0. The van der Waals surface area contributed by atoms with Crippen molar-refractivity contribution in [3.8, 4) is 0 Å². The molecule has 9 heavy (non-hydrogen) atoms. The third-order valence-corrected chi connectivity index (χ3v) is 0. The number of hydrogen-bond acceptors (Lipinski definition) is 0. The molecule has 0 aromatic rings. The van der Waals surface area contributed by atoms with Crippen molar-refractivity contribution in [2.75, 3.05) is 0 Å². The molecule has 12 N–H and O–H groups in total. The Morgan fingerprint density at radius 2 is 0.333 bits per heavy atom. The second kappa shape index (κ2) is 182. The van der Waals surface area contributed by atoms with Crippen LogP contribution in [0.3, 0.4) is 0 Å². The van der Waals surface area contributed by atoms with Gasteiger partial charge in [-0.25, -0.2) is 0 Å². The summed E-state index contributed by atoms with van der Waals surface area (Å²) in [7, 11) is 0. The topological polar surface area (TPSA) is 189 Å². The van der Waals surface area contributed by atoms with Crippen molar-refractivity contribution in [2.45, 2.75) is 0 Å². The molecule has 0 aromatic carbocycles. The van der Waals surface area contributed by atoms with Gasteiger partial charge in [-0.1, -0.05) is 0 Å². The molecule has 0 aliphatic heterocycles. The van der Waals surface area contributed by atoms with E-state index in [1.54, 1.807) is 0 Å². The third kappa shape index (κ3) is 145. The Hall–Kier alpha value is 2.16. The van der Waals surface area contributed by atoms with Gasteiger partial charge >= 0.3 is 0 Å². The summed E-state index contributed by atoms with van der Waals surface area (Å²) in [6, 6.07) is 0. The summed E-state index contributed by atoms with van der Waals surface area (Å²) in [5, 5.41) is 0. The summed E-state index contributed by atoms with van der Waals surface area (Å²) in [5.41, 5.74) is 0. The quantitative estimate of drug-likeness (QED) is 0.222. The Kier molecular flexibility index (Phi) is 5000. The van der Waals surface area contributed by atoms with Crippen molar-refractivity contribution in [2.24, 2.45) is 0 Å². The molecule has 0 aliphatic rings. The van der Waals surface area contributed by atoms with Crippen LogP contribution >= 0.6 is 0 Å². The van der Waals surface area contributed by atoms with Crippen molar-refractivity contribution in [3.05, 3.63) is 0 Å². The van der Waals surface area contributed by atoms with Crippen LogP contribution in [0.4, 0.5) is 0 Å². The van der Waals surface area contributed by atoms with Gasteiger partial charge in [0.15, 0.2) is 0 Å². The predicted molar refractivity (Wildman–Crippen MR) is 27.4 cm³/mol.